The molecule has 0 aromatic heterocycles. The van der Waals surface area contributed by atoms with Gasteiger partial charge in [0, 0.05) is 0 Å². The van der Waals surface area contributed by atoms with Gasteiger partial charge < -0.3 is 5.11 Å². The first-order chi connectivity index (χ1) is 4.94. The summed E-state index contributed by atoms with van der Waals surface area (Å²) >= 11 is 0. The molecule has 0 aliphatic carbocycles. The average molecular weight is 214 g/mol. The second kappa shape index (κ2) is 4.42. The third-order valence-corrected chi connectivity index (χ3v) is 0.243. The van der Waals surface area contributed by atoms with Crippen molar-refractivity contribution in [3.05, 3.63) is 0 Å². The number of carboxylic acid groups (broad SMARTS) is 1. The summed E-state index contributed by atoms with van der Waals surface area (Å²) in [5.41, 5.74) is 0. The molecule has 0 saturated carbocycles. The predicted molar refractivity (Wildman–Crippen MR) is 15.9 cm³/mol. The molecular weight excluding hydrogens is 212 g/mol. The number of aliphatic carboxylic acids is 1. The van der Waals surface area contributed by atoms with E-state index >= 15 is 0 Å². The number of halogens is 4. The molecule has 74 valence electrons. The molecule has 0 aromatic carbocycles. The van der Waals surface area contributed by atoms with Gasteiger partial charge in [0.25, 0.3) is 0 Å². The van der Waals surface area contributed by atoms with E-state index in [0.29, 0.717) is 0 Å². The van der Waals surface area contributed by atoms with Crippen molar-refractivity contribution in [1.29, 1.82) is 0 Å². The van der Waals surface area contributed by atoms with E-state index in [1.807, 2.05) is 0 Å². The van der Waals surface area contributed by atoms with E-state index < -0.39 is 22.4 Å². The summed E-state index contributed by atoms with van der Waals surface area (Å²) in [6.45, 7) is 0. The van der Waals surface area contributed by atoms with Crippen LogP contribution in [0.2, 0.25) is 0 Å². The minimum absolute atomic E-state index is 2.76. The molecular formula is C2H2ClF3O6. The van der Waals surface area contributed by atoms with Crippen molar-refractivity contribution in [2.24, 2.45) is 0 Å². The summed E-state index contributed by atoms with van der Waals surface area (Å²) in [7, 11) is -4.69. The Morgan fingerprint density at radius 1 is 1.25 bits per heavy atom. The zero-order valence-corrected chi connectivity index (χ0v) is 5.80. The van der Waals surface area contributed by atoms with Gasteiger partial charge in [-0.2, -0.15) is 27.1 Å². The van der Waals surface area contributed by atoms with Gasteiger partial charge in [-0.05, 0) is 0 Å². The number of rotatable bonds is 0. The smallest absolute Gasteiger partial charge is 0.475 e. The Morgan fingerprint density at radius 2 is 1.33 bits per heavy atom. The van der Waals surface area contributed by atoms with E-state index in [1.54, 1.807) is 0 Å². The van der Waals surface area contributed by atoms with Gasteiger partial charge in [0.2, 0.25) is 0 Å². The maximum atomic E-state index is 10.6. The second-order valence-corrected chi connectivity index (χ2v) is 1.99. The highest BCUT2D eigenvalue weighted by Gasteiger charge is 2.38. The van der Waals surface area contributed by atoms with Gasteiger partial charge in [0.05, 0.1) is 14.9 Å². The van der Waals surface area contributed by atoms with Crippen LogP contribution in [0.1, 0.15) is 0 Å². The van der Waals surface area contributed by atoms with E-state index in [0.717, 1.165) is 0 Å². The summed E-state index contributed by atoms with van der Waals surface area (Å²) in [6, 6.07) is 0. The second-order valence-electron chi connectivity index (χ2n) is 1.20. The molecule has 0 saturated heterocycles. The summed E-state index contributed by atoms with van der Waals surface area (Å²) in [5.74, 6) is -2.76. The van der Waals surface area contributed by atoms with Crippen molar-refractivity contribution in [2.75, 3.05) is 0 Å². The number of carbonyl (C=O) groups is 1. The molecule has 0 fully saturated rings. The van der Waals surface area contributed by atoms with Crippen LogP contribution in [0.4, 0.5) is 13.2 Å². The molecule has 0 unspecified atom stereocenters. The van der Waals surface area contributed by atoms with E-state index in [1.165, 1.54) is 0 Å². The SMILES string of the molecule is O=C(O)C(F)(F)F.[O-][Cl+3]([O-])([O-])O. The van der Waals surface area contributed by atoms with Gasteiger partial charge in [-0.15, -0.1) is 0 Å². The van der Waals surface area contributed by atoms with Crippen molar-refractivity contribution < 1.29 is 52.0 Å². The molecule has 2 N–H and O–H groups in total. The molecule has 0 aromatic rings. The normalized spacial score (nSPS) is 11.6. The minimum atomic E-state index is -5.08. The quantitative estimate of drug-likeness (QED) is 0.431. The molecule has 0 amide bonds. The van der Waals surface area contributed by atoms with Crippen LogP contribution in [-0.2, 0) is 4.79 Å². The highest BCUT2D eigenvalue weighted by molar-refractivity contribution is 5.73. The first kappa shape index (κ1) is 13.9. The van der Waals surface area contributed by atoms with E-state index in [2.05, 4.69) is 0 Å². The highest BCUT2D eigenvalue weighted by atomic mass is 35.7. The van der Waals surface area contributed by atoms with Gasteiger partial charge in [0.1, 0.15) is 0 Å². The van der Waals surface area contributed by atoms with Gasteiger partial charge >= 0.3 is 12.1 Å². The van der Waals surface area contributed by atoms with E-state index in [4.69, 9.17) is 28.5 Å². The molecule has 10 heteroatoms. The van der Waals surface area contributed by atoms with Crippen LogP contribution < -0.4 is 14.0 Å². The van der Waals surface area contributed by atoms with Crippen LogP contribution >= 0.6 is 0 Å². The Kier molecular flexibility index (Phi) is 5.14. The van der Waals surface area contributed by atoms with Crippen LogP contribution in [0, 0.1) is 10.2 Å². The molecule has 0 radical (unpaired) electrons. The van der Waals surface area contributed by atoms with Crippen molar-refractivity contribution >= 4 is 5.97 Å². The fourth-order valence-corrected chi connectivity index (χ4v) is 0. The highest BCUT2D eigenvalue weighted by Crippen LogP contribution is 2.13. The maximum Gasteiger partial charge on any atom is 0.490 e. The average Bonchev–Trinajstić information content (AvgIpc) is 1.55. The van der Waals surface area contributed by atoms with Gasteiger partial charge in [-0.3, -0.25) is 0 Å². The zero-order chi connectivity index (χ0) is 10.6. The Hall–Kier alpha value is -0.610. The van der Waals surface area contributed by atoms with Crippen molar-refractivity contribution in [3.8, 4) is 0 Å². The summed E-state index contributed by atoms with van der Waals surface area (Å²) < 4.78 is 64.5. The van der Waals surface area contributed by atoms with Crippen LogP contribution in [0.25, 0.3) is 0 Å². The lowest BCUT2D eigenvalue weighted by molar-refractivity contribution is -1.92. The first-order valence-corrected chi connectivity index (χ1v) is 3.14. The fourth-order valence-electron chi connectivity index (χ4n) is 0. The number of hydrogen-bond donors (Lipinski definition) is 2. The van der Waals surface area contributed by atoms with Crippen LogP contribution in [0.5, 0.6) is 0 Å². The molecule has 0 aliphatic heterocycles. The van der Waals surface area contributed by atoms with Gasteiger partial charge in [-0.25, -0.2) is 4.79 Å². The maximum absolute atomic E-state index is 10.6. The third-order valence-electron chi connectivity index (χ3n) is 0.243. The number of hydrogen-bond acceptors (Lipinski definition) is 5. The molecule has 0 bridgehead atoms. The van der Waals surface area contributed by atoms with Crippen molar-refractivity contribution in [1.82, 2.24) is 0 Å². The molecule has 0 heterocycles. The van der Waals surface area contributed by atoms with Crippen LogP contribution in [-0.4, -0.2) is 21.9 Å². The van der Waals surface area contributed by atoms with Crippen LogP contribution in [0.3, 0.4) is 0 Å². The largest absolute Gasteiger partial charge is 0.490 e. The predicted octanol–water partition coefficient (Wildman–Crippen LogP) is -3.49. The number of alkyl halides is 3. The summed E-state index contributed by atoms with van der Waals surface area (Å²) in [5, 5.41) is 7.12. The molecule has 0 rings (SSSR count). The topological polar surface area (TPSA) is 127 Å². The van der Waals surface area contributed by atoms with Crippen molar-refractivity contribution in [3.63, 3.8) is 0 Å². The molecule has 12 heavy (non-hydrogen) atoms. The molecule has 6 nitrogen and oxygen atoms in total. The standard InChI is InChI=1S/C2HF3O2.ClHO4/c3-2(4,5)1(6)7;2-1(3,4)5/h(H,6,7);(H,2,3,4,5). The monoisotopic (exact) mass is 214 g/mol. The van der Waals surface area contributed by atoms with E-state index in [-0.39, 0.29) is 0 Å². The van der Waals surface area contributed by atoms with E-state index in [9.17, 15) is 13.2 Å². The fraction of sp³-hybridized carbons (Fsp3) is 0.500. The Balaban J connectivity index is 0. The molecule has 0 spiro atoms. The molecule has 0 atom stereocenters. The minimum Gasteiger partial charge on any atom is -0.475 e. The molecule has 0 aliphatic rings. The van der Waals surface area contributed by atoms with Crippen LogP contribution in [0.15, 0.2) is 0 Å². The lowest BCUT2D eigenvalue weighted by Gasteiger charge is -2.03. The van der Waals surface area contributed by atoms with Crippen molar-refractivity contribution in [2.45, 2.75) is 6.18 Å². The third kappa shape index (κ3) is 22.8. The summed E-state index contributed by atoms with van der Waals surface area (Å²) in [6.07, 6.45) is -5.08. The van der Waals surface area contributed by atoms with Gasteiger partial charge in [0.15, 0.2) is 0 Å². The summed E-state index contributed by atoms with van der Waals surface area (Å²) in [4.78, 5) is 8.90. The Labute approximate surface area is 65.2 Å². The Morgan fingerprint density at radius 3 is 1.33 bits per heavy atom. The number of carboxylic acids is 1. The zero-order valence-electron chi connectivity index (χ0n) is 5.04. The lowest BCUT2D eigenvalue weighted by Crippen LogP contribution is -2.58. The van der Waals surface area contributed by atoms with Gasteiger partial charge in [-0.1, -0.05) is 0 Å². The Bertz CT molecular complexity index is 142. The first-order valence-electron chi connectivity index (χ1n) is 1.88. The lowest BCUT2D eigenvalue weighted by atomic mass is 10.7.